The van der Waals surface area contributed by atoms with Gasteiger partial charge in [-0.3, -0.25) is 5.01 Å². The second-order valence-corrected chi connectivity index (χ2v) is 9.10. The molecule has 0 saturated heterocycles. The summed E-state index contributed by atoms with van der Waals surface area (Å²) in [5.74, 6) is 0.550. The minimum atomic E-state index is 0.550. The summed E-state index contributed by atoms with van der Waals surface area (Å²) in [5, 5.41) is 8.01. The summed E-state index contributed by atoms with van der Waals surface area (Å²) in [7, 11) is 0. The van der Waals surface area contributed by atoms with Gasteiger partial charge < -0.3 is 0 Å². The lowest BCUT2D eigenvalue weighted by molar-refractivity contribution is 0.111. The Morgan fingerprint density at radius 2 is 1.27 bits per heavy atom. The van der Waals surface area contributed by atoms with Gasteiger partial charge in [0.15, 0.2) is 0 Å². The van der Waals surface area contributed by atoms with Crippen LogP contribution in [0.15, 0.2) is 59.7 Å². The molecule has 2 nitrogen and oxygen atoms in total. The maximum atomic E-state index is 5.42. The summed E-state index contributed by atoms with van der Waals surface area (Å²) in [5.41, 5.74) is 2.62. The molecular formula is C28H42N2. The third kappa shape index (κ3) is 6.33. The van der Waals surface area contributed by atoms with Gasteiger partial charge >= 0.3 is 0 Å². The van der Waals surface area contributed by atoms with Crippen LogP contribution in [0.1, 0.15) is 96.5 Å². The molecule has 1 aliphatic carbocycles. The highest BCUT2D eigenvalue weighted by atomic mass is 15.5. The lowest BCUT2D eigenvalue weighted by atomic mass is 9.85. The van der Waals surface area contributed by atoms with Gasteiger partial charge in [0.2, 0.25) is 0 Å². The molecule has 1 heterocycles. The van der Waals surface area contributed by atoms with Gasteiger partial charge in [0.25, 0.3) is 0 Å². The Morgan fingerprint density at radius 1 is 0.733 bits per heavy atom. The van der Waals surface area contributed by atoms with Crippen LogP contribution < -0.4 is 0 Å². The Labute approximate surface area is 185 Å². The Morgan fingerprint density at radius 3 is 1.83 bits per heavy atom. The lowest BCUT2D eigenvalue weighted by Gasteiger charge is -2.34. The van der Waals surface area contributed by atoms with Crippen molar-refractivity contribution in [2.75, 3.05) is 0 Å². The third-order valence-electron chi connectivity index (χ3n) is 6.78. The molecule has 0 bridgehead atoms. The molecule has 0 radical (unpaired) electrons. The van der Waals surface area contributed by atoms with Crippen LogP contribution in [0.2, 0.25) is 0 Å². The normalized spacial score (nSPS) is 23.1. The molecule has 0 spiro atoms. The maximum absolute atomic E-state index is 5.42. The van der Waals surface area contributed by atoms with Crippen molar-refractivity contribution < 1.29 is 0 Å². The van der Waals surface area contributed by atoms with Gasteiger partial charge in [0.1, 0.15) is 0 Å². The molecule has 2 aliphatic rings. The molecule has 0 aromatic heterocycles. The van der Waals surface area contributed by atoms with Gasteiger partial charge in [0, 0.05) is 12.0 Å². The molecule has 1 aromatic carbocycles. The molecule has 1 saturated carbocycles. The van der Waals surface area contributed by atoms with Crippen molar-refractivity contribution in [1.29, 1.82) is 0 Å². The largest absolute Gasteiger partial charge is 0.290 e. The molecule has 3 rings (SSSR count). The van der Waals surface area contributed by atoms with Crippen LogP contribution in [0.3, 0.4) is 0 Å². The van der Waals surface area contributed by atoms with E-state index >= 15 is 0 Å². The predicted molar refractivity (Wildman–Crippen MR) is 130 cm³/mol. The molecule has 1 aromatic rings. The van der Waals surface area contributed by atoms with Crippen LogP contribution in [0.5, 0.6) is 0 Å². The zero-order valence-corrected chi connectivity index (χ0v) is 19.3. The second kappa shape index (κ2) is 12.8. The SMILES string of the molecule is CCCC1C(c2ccccccccc2)=NN(C2CCCCCCCC2)C1CCC. The number of rotatable bonds is 6. The Balaban J connectivity index is 1.97. The molecule has 164 valence electrons. The third-order valence-corrected chi connectivity index (χ3v) is 6.78. The molecular weight excluding hydrogens is 364 g/mol. The highest BCUT2D eigenvalue weighted by Crippen LogP contribution is 2.36. The van der Waals surface area contributed by atoms with Crippen molar-refractivity contribution in [3.63, 3.8) is 0 Å². The number of hydrogen-bond donors (Lipinski definition) is 0. The monoisotopic (exact) mass is 406 g/mol. The zero-order valence-electron chi connectivity index (χ0n) is 19.3. The van der Waals surface area contributed by atoms with Crippen LogP contribution in [-0.2, 0) is 0 Å². The highest BCUT2D eigenvalue weighted by Gasteiger charge is 2.39. The van der Waals surface area contributed by atoms with Crippen LogP contribution in [0.4, 0.5) is 0 Å². The van der Waals surface area contributed by atoms with E-state index in [-0.39, 0.29) is 0 Å². The average molecular weight is 407 g/mol. The van der Waals surface area contributed by atoms with E-state index in [0.29, 0.717) is 18.0 Å². The molecule has 0 N–H and O–H groups in total. The molecule has 2 heteroatoms. The lowest BCUT2D eigenvalue weighted by Crippen LogP contribution is -2.40. The molecule has 2 atom stereocenters. The average Bonchev–Trinajstić information content (AvgIpc) is 3.16. The molecule has 0 amide bonds. The fraction of sp³-hybridized carbons (Fsp3) is 0.607. The first-order valence-corrected chi connectivity index (χ1v) is 12.6. The minimum Gasteiger partial charge on any atom is -0.290 e. The van der Waals surface area contributed by atoms with Crippen LogP contribution in [-0.4, -0.2) is 22.8 Å². The summed E-state index contributed by atoms with van der Waals surface area (Å²) in [6.07, 6.45) is 16.0. The van der Waals surface area contributed by atoms with Crippen LogP contribution >= 0.6 is 0 Å². The Bertz CT molecular complexity index is 674. The second-order valence-electron chi connectivity index (χ2n) is 9.10. The van der Waals surface area contributed by atoms with E-state index in [4.69, 9.17) is 5.10 Å². The maximum Gasteiger partial charge on any atom is 0.0729 e. The van der Waals surface area contributed by atoms with E-state index in [1.807, 2.05) is 0 Å². The summed E-state index contributed by atoms with van der Waals surface area (Å²) >= 11 is 0. The number of hydrogen-bond acceptors (Lipinski definition) is 2. The Kier molecular flexibility index (Phi) is 9.73. The first kappa shape index (κ1) is 22.8. The van der Waals surface area contributed by atoms with Gasteiger partial charge in [-0.05, 0) is 31.2 Å². The van der Waals surface area contributed by atoms with Crippen molar-refractivity contribution in [2.45, 2.75) is 103 Å². The highest BCUT2D eigenvalue weighted by molar-refractivity contribution is 6.03. The van der Waals surface area contributed by atoms with Crippen molar-refractivity contribution >= 4 is 5.71 Å². The standard InChI is InChI=1S/C28H42N2/c1-3-18-26-27(19-4-2)30(25-22-16-12-8-9-13-17-23-25)29-28(26)24-20-14-10-6-5-7-11-15-21-24/h5-7,10-11,14-15,20-21,25-27H,3-4,8-9,12-13,16-19,22-23H2,1-2H3. The van der Waals surface area contributed by atoms with Gasteiger partial charge in [-0.15, -0.1) is 0 Å². The van der Waals surface area contributed by atoms with E-state index < -0.39 is 0 Å². The minimum absolute atomic E-state index is 0.550. The van der Waals surface area contributed by atoms with Gasteiger partial charge in [-0.2, -0.15) is 5.10 Å². The van der Waals surface area contributed by atoms with Gasteiger partial charge in [-0.1, -0.05) is 120 Å². The van der Waals surface area contributed by atoms with Gasteiger partial charge in [-0.25, -0.2) is 0 Å². The van der Waals surface area contributed by atoms with Crippen molar-refractivity contribution in [3.05, 3.63) is 60.2 Å². The first-order valence-electron chi connectivity index (χ1n) is 12.6. The van der Waals surface area contributed by atoms with Gasteiger partial charge in [0.05, 0.1) is 11.8 Å². The Hall–Kier alpha value is -1.83. The van der Waals surface area contributed by atoms with Crippen molar-refractivity contribution in [3.8, 4) is 0 Å². The summed E-state index contributed by atoms with van der Waals surface area (Å²) < 4.78 is 0. The van der Waals surface area contributed by atoms with Crippen LogP contribution in [0, 0.1) is 5.92 Å². The molecule has 1 aliphatic heterocycles. The van der Waals surface area contributed by atoms with Crippen molar-refractivity contribution in [1.82, 2.24) is 5.01 Å². The first-order chi connectivity index (χ1) is 14.8. The topological polar surface area (TPSA) is 15.6 Å². The van der Waals surface area contributed by atoms with E-state index in [1.54, 1.807) is 0 Å². The smallest absolute Gasteiger partial charge is 0.0729 e. The predicted octanol–water partition coefficient (Wildman–Crippen LogP) is 7.92. The summed E-state index contributed by atoms with van der Waals surface area (Å²) in [6.45, 7) is 4.67. The molecule has 30 heavy (non-hydrogen) atoms. The molecule has 2 unspecified atom stereocenters. The quantitative estimate of drug-likeness (QED) is 0.468. The summed E-state index contributed by atoms with van der Waals surface area (Å²) in [4.78, 5) is 0. The number of hydrazone groups is 1. The fourth-order valence-electron chi connectivity index (χ4n) is 5.27. The van der Waals surface area contributed by atoms with E-state index in [0.717, 1.165) is 0 Å². The molecule has 1 fully saturated rings. The van der Waals surface area contributed by atoms with E-state index in [1.165, 1.54) is 88.3 Å². The van der Waals surface area contributed by atoms with Crippen molar-refractivity contribution in [2.24, 2.45) is 11.0 Å². The number of nitrogens with zero attached hydrogens (tertiary/aromatic N) is 2. The fourth-order valence-corrected chi connectivity index (χ4v) is 5.27. The summed E-state index contributed by atoms with van der Waals surface area (Å²) in [6, 6.07) is 20.5. The van der Waals surface area contributed by atoms with E-state index in [2.05, 4.69) is 73.5 Å². The van der Waals surface area contributed by atoms with E-state index in [9.17, 15) is 0 Å². The van der Waals surface area contributed by atoms with Crippen LogP contribution in [0.25, 0.3) is 0 Å². The zero-order chi connectivity index (χ0) is 21.0.